The van der Waals surface area contributed by atoms with Crippen molar-refractivity contribution in [3.8, 4) is 0 Å². The molecular formula is C12H23N2O8P. The van der Waals surface area contributed by atoms with E-state index in [0.29, 0.717) is 0 Å². The van der Waals surface area contributed by atoms with Gasteiger partial charge in [-0.1, -0.05) is 6.92 Å². The molecule has 134 valence electrons. The van der Waals surface area contributed by atoms with Crippen LogP contribution >= 0.6 is 7.60 Å². The molecule has 1 aliphatic heterocycles. The third-order valence-corrected chi connectivity index (χ3v) is 4.64. The highest BCUT2D eigenvalue weighted by Gasteiger charge is 2.42. The topological polar surface area (TPSA) is 183 Å². The van der Waals surface area contributed by atoms with Crippen LogP contribution in [0.4, 0.5) is 0 Å². The molecule has 1 heterocycles. The molecule has 23 heavy (non-hydrogen) atoms. The molecule has 0 saturated heterocycles. The van der Waals surface area contributed by atoms with Gasteiger partial charge in [0.2, 0.25) is 11.6 Å². The SMILES string of the molecule is CCOP(=O)(O)C1=C[C@H](N)[C@@H](C)[C@H]([C@H](O)[C@H](O)CO)O1.N=C=O. The number of hydrogen-bond acceptors (Lipinski definition) is 9. The van der Waals surface area contributed by atoms with Gasteiger partial charge in [-0.2, -0.15) is 0 Å². The van der Waals surface area contributed by atoms with Crippen molar-refractivity contribution in [3.05, 3.63) is 11.6 Å². The van der Waals surface area contributed by atoms with Crippen LogP contribution in [0.15, 0.2) is 11.6 Å². The van der Waals surface area contributed by atoms with Crippen molar-refractivity contribution in [2.75, 3.05) is 13.2 Å². The van der Waals surface area contributed by atoms with E-state index in [1.54, 1.807) is 13.8 Å². The number of rotatable bonds is 6. The molecule has 0 radical (unpaired) electrons. The highest BCUT2D eigenvalue weighted by molar-refractivity contribution is 7.57. The Balaban J connectivity index is 0.00000149. The number of nitrogens with one attached hydrogen (secondary N) is 1. The predicted molar refractivity (Wildman–Crippen MR) is 79.1 cm³/mol. The second-order valence-electron chi connectivity index (χ2n) is 4.80. The lowest BCUT2D eigenvalue weighted by molar-refractivity contribution is -0.106. The molecule has 1 unspecified atom stereocenters. The van der Waals surface area contributed by atoms with Gasteiger partial charge >= 0.3 is 7.60 Å². The summed E-state index contributed by atoms with van der Waals surface area (Å²) >= 11 is 0. The van der Waals surface area contributed by atoms with E-state index < -0.39 is 44.5 Å². The van der Waals surface area contributed by atoms with Gasteiger partial charge in [-0.05, 0) is 13.0 Å². The Hall–Kier alpha value is -1.09. The first-order chi connectivity index (χ1) is 10.7. The Bertz CT molecular complexity index is 480. The van der Waals surface area contributed by atoms with Crippen molar-refractivity contribution in [1.82, 2.24) is 0 Å². The number of carbonyl (C=O) groups excluding carboxylic acids is 1. The molecule has 1 aliphatic rings. The molecule has 0 saturated carbocycles. The fourth-order valence-electron chi connectivity index (χ4n) is 1.93. The maximum absolute atomic E-state index is 11.9. The van der Waals surface area contributed by atoms with E-state index in [2.05, 4.69) is 0 Å². The molecule has 0 aromatic carbocycles. The Morgan fingerprint density at radius 1 is 1.57 bits per heavy atom. The highest BCUT2D eigenvalue weighted by atomic mass is 31.2. The lowest BCUT2D eigenvalue weighted by Gasteiger charge is -2.38. The van der Waals surface area contributed by atoms with Crippen LogP contribution in [-0.4, -0.2) is 63.9 Å². The molecule has 0 bridgehead atoms. The molecule has 0 fully saturated rings. The first-order valence-corrected chi connectivity index (χ1v) is 8.36. The minimum atomic E-state index is -4.14. The predicted octanol–water partition coefficient (Wildman–Crippen LogP) is -0.973. The summed E-state index contributed by atoms with van der Waals surface area (Å²) in [6.07, 6.45) is -1.87. The van der Waals surface area contributed by atoms with Crippen LogP contribution in [0, 0.1) is 11.3 Å². The zero-order chi connectivity index (χ0) is 18.2. The summed E-state index contributed by atoms with van der Waals surface area (Å²) < 4.78 is 21.9. The molecule has 0 aromatic heterocycles. The molecule has 6 atom stereocenters. The smallest absolute Gasteiger partial charge is 0.392 e. The summed E-state index contributed by atoms with van der Waals surface area (Å²) in [6, 6.07) is -0.648. The summed E-state index contributed by atoms with van der Waals surface area (Å²) in [6.45, 7) is 2.56. The fourth-order valence-corrected chi connectivity index (χ4v) is 3.02. The normalized spacial score (nSPS) is 28.8. The van der Waals surface area contributed by atoms with Gasteiger partial charge in [-0.15, -0.1) is 0 Å². The summed E-state index contributed by atoms with van der Waals surface area (Å²) in [4.78, 5) is 18.1. The van der Waals surface area contributed by atoms with Crippen LogP contribution < -0.4 is 5.73 Å². The van der Waals surface area contributed by atoms with Crippen molar-refractivity contribution >= 4 is 13.7 Å². The summed E-state index contributed by atoms with van der Waals surface area (Å²) in [5, 5.41) is 33.6. The molecule has 0 amide bonds. The number of aliphatic hydroxyl groups is 3. The van der Waals surface area contributed by atoms with E-state index in [1.807, 2.05) is 0 Å². The molecule has 11 heteroatoms. The average Bonchev–Trinajstić information content (AvgIpc) is 2.49. The molecular weight excluding hydrogens is 331 g/mol. The van der Waals surface area contributed by atoms with Gasteiger partial charge in [0, 0.05) is 12.0 Å². The van der Waals surface area contributed by atoms with Crippen LogP contribution in [0.5, 0.6) is 0 Å². The summed E-state index contributed by atoms with van der Waals surface area (Å²) in [5.74, 6) is -0.420. The van der Waals surface area contributed by atoms with Crippen LogP contribution in [0.3, 0.4) is 0 Å². The molecule has 0 aliphatic carbocycles. The summed E-state index contributed by atoms with van der Waals surface area (Å²) in [7, 11) is -4.14. The number of ether oxygens (including phenoxy) is 1. The monoisotopic (exact) mass is 354 g/mol. The van der Waals surface area contributed by atoms with Crippen molar-refractivity contribution in [2.45, 2.75) is 38.2 Å². The Morgan fingerprint density at radius 3 is 2.52 bits per heavy atom. The second kappa shape index (κ2) is 9.92. The lowest BCUT2D eigenvalue weighted by atomic mass is 9.89. The largest absolute Gasteiger partial charge is 0.479 e. The van der Waals surface area contributed by atoms with E-state index in [4.69, 9.17) is 30.3 Å². The van der Waals surface area contributed by atoms with E-state index in [0.717, 1.165) is 6.08 Å². The van der Waals surface area contributed by atoms with Crippen molar-refractivity contribution in [2.24, 2.45) is 11.7 Å². The Morgan fingerprint density at radius 2 is 2.09 bits per heavy atom. The Kier molecular flexibility index (Phi) is 9.45. The van der Waals surface area contributed by atoms with Crippen molar-refractivity contribution in [1.29, 1.82) is 5.41 Å². The maximum atomic E-state index is 11.9. The quantitative estimate of drug-likeness (QED) is 0.198. The number of hydrogen-bond donors (Lipinski definition) is 6. The summed E-state index contributed by atoms with van der Waals surface area (Å²) in [5.41, 5.74) is 5.48. The van der Waals surface area contributed by atoms with Gasteiger partial charge in [0.1, 0.15) is 18.3 Å². The standard InChI is InChI=1S/C11H22NO7P.CHNO/c1-3-18-20(16,17)9-4-7(12)6(2)11(19-9)10(15)8(14)5-13;2-1-3/h4,6-8,10-11,13-15H,3,5,12H2,1-2H3,(H,16,17);2H/t6-,7+,8-,10-,11-;/m1./s1. The lowest BCUT2D eigenvalue weighted by Crippen LogP contribution is -2.50. The maximum Gasteiger partial charge on any atom is 0.392 e. The van der Waals surface area contributed by atoms with Crippen LogP contribution in [0.2, 0.25) is 0 Å². The molecule has 0 spiro atoms. The molecule has 10 nitrogen and oxygen atoms in total. The molecule has 1 rings (SSSR count). The first kappa shape index (κ1) is 21.9. The Labute approximate surface area is 133 Å². The average molecular weight is 354 g/mol. The highest BCUT2D eigenvalue weighted by Crippen LogP contribution is 2.53. The third kappa shape index (κ3) is 6.14. The van der Waals surface area contributed by atoms with Gasteiger partial charge < -0.3 is 35.2 Å². The number of nitrogens with two attached hydrogens (primary N) is 1. The van der Waals surface area contributed by atoms with Gasteiger partial charge in [-0.3, -0.25) is 4.57 Å². The zero-order valence-electron chi connectivity index (χ0n) is 12.8. The zero-order valence-corrected chi connectivity index (χ0v) is 13.7. The van der Waals surface area contributed by atoms with Crippen LogP contribution in [-0.2, 0) is 18.6 Å². The van der Waals surface area contributed by atoms with Gasteiger partial charge in [0.25, 0.3) is 0 Å². The first-order valence-electron chi connectivity index (χ1n) is 6.79. The second-order valence-corrected chi connectivity index (χ2v) is 6.54. The van der Waals surface area contributed by atoms with Crippen molar-refractivity contribution in [3.63, 3.8) is 0 Å². The number of isocyanates is 1. The van der Waals surface area contributed by atoms with Crippen molar-refractivity contribution < 1.29 is 38.8 Å². The fraction of sp³-hybridized carbons (Fsp3) is 0.750. The van der Waals surface area contributed by atoms with E-state index in [-0.39, 0.29) is 12.1 Å². The van der Waals surface area contributed by atoms with Crippen LogP contribution in [0.1, 0.15) is 13.8 Å². The van der Waals surface area contributed by atoms with E-state index >= 15 is 0 Å². The van der Waals surface area contributed by atoms with Crippen LogP contribution in [0.25, 0.3) is 0 Å². The molecule has 0 aromatic rings. The van der Waals surface area contributed by atoms with Gasteiger partial charge in [0.15, 0.2) is 0 Å². The van der Waals surface area contributed by atoms with E-state index in [9.17, 15) is 19.7 Å². The minimum absolute atomic E-state index is 0.00571. The van der Waals surface area contributed by atoms with Gasteiger partial charge in [0.05, 0.1) is 13.2 Å². The third-order valence-electron chi connectivity index (χ3n) is 3.22. The molecule has 7 N–H and O–H groups in total. The van der Waals surface area contributed by atoms with Gasteiger partial charge in [-0.25, -0.2) is 10.2 Å². The number of aliphatic hydroxyl groups excluding tert-OH is 3. The van der Waals surface area contributed by atoms with E-state index in [1.165, 1.54) is 6.08 Å². The minimum Gasteiger partial charge on any atom is -0.479 e.